The third kappa shape index (κ3) is 5.87. The van der Waals surface area contributed by atoms with Crippen LogP contribution in [0.5, 0.6) is 0 Å². The predicted molar refractivity (Wildman–Crippen MR) is 119 cm³/mol. The molecule has 0 radical (unpaired) electrons. The number of amides is 2. The highest BCUT2D eigenvalue weighted by Crippen LogP contribution is 2.21. The molecule has 0 saturated carbocycles. The molecule has 0 spiro atoms. The van der Waals surface area contributed by atoms with Crippen LogP contribution in [0.15, 0.2) is 60.8 Å². The van der Waals surface area contributed by atoms with Crippen molar-refractivity contribution in [3.8, 4) is 0 Å². The molecule has 3 N–H and O–H groups in total. The van der Waals surface area contributed by atoms with Gasteiger partial charge in [-0.1, -0.05) is 48.5 Å². The fourth-order valence-corrected chi connectivity index (χ4v) is 3.55. The number of carbonyl (C=O) groups is 2. The maximum Gasteiger partial charge on any atom is 0.217 e. The van der Waals surface area contributed by atoms with Gasteiger partial charge in [-0.15, -0.1) is 0 Å². The number of fused-ring (bicyclic) bond motifs is 2. The molecule has 2 aromatic carbocycles. The quantitative estimate of drug-likeness (QED) is 0.624. The van der Waals surface area contributed by atoms with E-state index in [4.69, 9.17) is 0 Å². The van der Waals surface area contributed by atoms with Crippen molar-refractivity contribution in [3.63, 3.8) is 0 Å². The van der Waals surface area contributed by atoms with Crippen LogP contribution in [-0.4, -0.2) is 29.9 Å². The van der Waals surface area contributed by atoms with Crippen molar-refractivity contribution >= 4 is 22.6 Å². The predicted octanol–water partition coefficient (Wildman–Crippen LogP) is 2.88. The Morgan fingerprint density at radius 1 is 1.00 bits per heavy atom. The van der Waals surface area contributed by atoms with E-state index in [1.807, 2.05) is 36.4 Å². The monoisotopic (exact) mass is 404 g/mol. The summed E-state index contributed by atoms with van der Waals surface area (Å²) in [6.45, 7) is 5.20. The van der Waals surface area contributed by atoms with Crippen LogP contribution >= 0.6 is 0 Å². The Morgan fingerprint density at radius 2 is 1.73 bits per heavy atom. The van der Waals surface area contributed by atoms with E-state index in [0.29, 0.717) is 13.1 Å². The third-order valence-corrected chi connectivity index (χ3v) is 5.03. The topological polar surface area (TPSA) is 83.1 Å². The van der Waals surface area contributed by atoms with E-state index in [0.717, 1.165) is 29.4 Å². The first-order valence-corrected chi connectivity index (χ1v) is 10.2. The lowest BCUT2D eigenvalue weighted by Gasteiger charge is -2.26. The standard InChI is InChI=1S/C12H16N2O.C12H12N2O/c2*1-9(15)14-8-12-11-5-3-2-4-10(11)6-7-13-12/h2-5,12-13H,6-8H2,1H3,(H,14,15);2-7H,8H2,1H3,(H,14,15)/t12-;/m1./s1. The van der Waals surface area contributed by atoms with Gasteiger partial charge in [0.05, 0.1) is 12.2 Å². The maximum atomic E-state index is 10.9. The van der Waals surface area contributed by atoms with Gasteiger partial charge in [0.1, 0.15) is 0 Å². The van der Waals surface area contributed by atoms with E-state index in [1.54, 1.807) is 13.1 Å². The van der Waals surface area contributed by atoms with Crippen LogP contribution in [0.1, 0.15) is 36.7 Å². The van der Waals surface area contributed by atoms with Crippen molar-refractivity contribution in [3.05, 3.63) is 77.6 Å². The van der Waals surface area contributed by atoms with Crippen molar-refractivity contribution in [2.75, 3.05) is 13.1 Å². The summed E-state index contributed by atoms with van der Waals surface area (Å²) in [5.74, 6) is -0.00964. The maximum absolute atomic E-state index is 10.9. The van der Waals surface area contributed by atoms with E-state index in [2.05, 4.69) is 39.1 Å². The Morgan fingerprint density at radius 3 is 2.53 bits per heavy atom. The molecule has 0 unspecified atom stereocenters. The van der Waals surface area contributed by atoms with Crippen LogP contribution in [0.4, 0.5) is 0 Å². The van der Waals surface area contributed by atoms with Crippen molar-refractivity contribution in [1.29, 1.82) is 0 Å². The number of carbonyl (C=O) groups excluding carboxylic acids is 2. The summed E-state index contributed by atoms with van der Waals surface area (Å²) in [4.78, 5) is 25.9. The highest BCUT2D eigenvalue weighted by Gasteiger charge is 2.18. The Hall–Kier alpha value is -3.25. The first-order chi connectivity index (χ1) is 14.5. The van der Waals surface area contributed by atoms with Gasteiger partial charge in [-0.25, -0.2) is 0 Å². The lowest BCUT2D eigenvalue weighted by Crippen LogP contribution is -2.38. The van der Waals surface area contributed by atoms with Gasteiger partial charge in [0.15, 0.2) is 0 Å². The van der Waals surface area contributed by atoms with Crippen LogP contribution in [0.2, 0.25) is 0 Å². The second kappa shape index (κ2) is 10.5. The second-order valence-electron chi connectivity index (χ2n) is 7.28. The lowest BCUT2D eigenvalue weighted by atomic mass is 9.94. The Balaban J connectivity index is 0.000000171. The minimum atomic E-state index is -0.0373. The molecule has 6 nitrogen and oxygen atoms in total. The fraction of sp³-hybridized carbons (Fsp3) is 0.292. The van der Waals surface area contributed by atoms with E-state index >= 15 is 0 Å². The summed E-state index contributed by atoms with van der Waals surface area (Å²) in [6, 6.07) is 18.7. The number of hydrogen-bond donors (Lipinski definition) is 3. The normalized spacial score (nSPS) is 14.8. The Kier molecular flexibility index (Phi) is 7.51. The van der Waals surface area contributed by atoms with Gasteiger partial charge in [-0.3, -0.25) is 14.6 Å². The average molecular weight is 405 g/mol. The van der Waals surface area contributed by atoms with Crippen LogP contribution in [-0.2, 0) is 22.6 Å². The summed E-state index contributed by atoms with van der Waals surface area (Å²) in [5, 5.41) is 11.3. The SMILES string of the molecule is CC(=O)NC[C@H]1NCCc2ccccc21.CC(=O)NCc1nccc2ccccc12. The first kappa shape index (κ1) is 21.5. The van der Waals surface area contributed by atoms with Crippen molar-refractivity contribution in [2.24, 2.45) is 0 Å². The Labute approximate surface area is 177 Å². The molecule has 4 rings (SSSR count). The van der Waals surface area contributed by atoms with E-state index in [-0.39, 0.29) is 17.9 Å². The third-order valence-electron chi connectivity index (χ3n) is 5.03. The molecule has 0 fully saturated rings. The number of nitrogens with zero attached hydrogens (tertiary/aromatic N) is 1. The molecule has 6 heteroatoms. The largest absolute Gasteiger partial charge is 0.354 e. The van der Waals surface area contributed by atoms with Crippen molar-refractivity contribution < 1.29 is 9.59 Å². The number of aromatic nitrogens is 1. The number of nitrogens with one attached hydrogen (secondary N) is 3. The molecule has 1 atom stereocenters. The molecule has 30 heavy (non-hydrogen) atoms. The lowest BCUT2D eigenvalue weighted by molar-refractivity contribution is -0.119. The number of benzene rings is 2. The zero-order valence-corrected chi connectivity index (χ0v) is 17.4. The van der Waals surface area contributed by atoms with Gasteiger partial charge in [0, 0.05) is 38.0 Å². The molecule has 0 saturated heterocycles. The summed E-state index contributed by atoms with van der Waals surface area (Å²) in [7, 11) is 0. The highest BCUT2D eigenvalue weighted by atomic mass is 16.2. The van der Waals surface area contributed by atoms with Crippen LogP contribution in [0.3, 0.4) is 0 Å². The van der Waals surface area contributed by atoms with Gasteiger partial charge in [-0.2, -0.15) is 0 Å². The van der Waals surface area contributed by atoms with Gasteiger partial charge in [-0.05, 0) is 35.5 Å². The highest BCUT2D eigenvalue weighted by molar-refractivity contribution is 5.84. The minimum Gasteiger partial charge on any atom is -0.354 e. The summed E-state index contributed by atoms with van der Waals surface area (Å²) >= 11 is 0. The molecule has 2 heterocycles. The second-order valence-corrected chi connectivity index (χ2v) is 7.28. The molecule has 0 bridgehead atoms. The molecule has 1 aliphatic heterocycles. The molecule has 1 aromatic heterocycles. The van der Waals surface area contributed by atoms with Crippen LogP contribution in [0, 0.1) is 0 Å². The zero-order chi connectivity index (χ0) is 21.3. The molecule has 1 aliphatic rings. The van der Waals surface area contributed by atoms with Crippen LogP contribution in [0.25, 0.3) is 10.8 Å². The summed E-state index contributed by atoms with van der Waals surface area (Å²) in [5.41, 5.74) is 3.62. The summed E-state index contributed by atoms with van der Waals surface area (Å²) in [6.07, 6.45) is 2.84. The number of pyridine rings is 1. The molecular weight excluding hydrogens is 376 g/mol. The first-order valence-electron chi connectivity index (χ1n) is 10.2. The van der Waals surface area contributed by atoms with Gasteiger partial charge in [0.25, 0.3) is 0 Å². The van der Waals surface area contributed by atoms with Crippen molar-refractivity contribution in [2.45, 2.75) is 32.9 Å². The Bertz CT molecular complexity index is 1010. The van der Waals surface area contributed by atoms with Gasteiger partial charge < -0.3 is 16.0 Å². The molecule has 156 valence electrons. The van der Waals surface area contributed by atoms with E-state index in [9.17, 15) is 9.59 Å². The van der Waals surface area contributed by atoms with E-state index in [1.165, 1.54) is 18.1 Å². The zero-order valence-electron chi connectivity index (χ0n) is 17.4. The molecular formula is C24H28N4O2. The van der Waals surface area contributed by atoms with Gasteiger partial charge in [0.2, 0.25) is 11.8 Å². The summed E-state index contributed by atoms with van der Waals surface area (Å²) < 4.78 is 0. The smallest absolute Gasteiger partial charge is 0.217 e. The van der Waals surface area contributed by atoms with E-state index < -0.39 is 0 Å². The average Bonchev–Trinajstić information content (AvgIpc) is 2.76. The number of rotatable bonds is 4. The van der Waals surface area contributed by atoms with Crippen molar-refractivity contribution in [1.82, 2.24) is 20.9 Å². The molecule has 2 amide bonds. The van der Waals surface area contributed by atoms with Gasteiger partial charge >= 0.3 is 0 Å². The van der Waals surface area contributed by atoms with Crippen LogP contribution < -0.4 is 16.0 Å². The fourth-order valence-electron chi connectivity index (χ4n) is 3.55. The molecule has 0 aliphatic carbocycles. The molecule has 3 aromatic rings. The number of hydrogen-bond acceptors (Lipinski definition) is 4. The minimum absolute atomic E-state index is 0.0276.